The number of benzene rings is 1. The van der Waals surface area contributed by atoms with E-state index in [1.54, 1.807) is 20.0 Å². The van der Waals surface area contributed by atoms with Gasteiger partial charge in [0.25, 0.3) is 0 Å². The molecule has 0 atom stereocenters. The topological polar surface area (TPSA) is 12.0 Å². The Balaban J connectivity index is 3.26. The summed E-state index contributed by atoms with van der Waals surface area (Å²) < 4.78 is 13.9. The van der Waals surface area contributed by atoms with Crippen molar-refractivity contribution in [3.05, 3.63) is 40.1 Å². The Hall–Kier alpha value is -0.830. The van der Waals surface area contributed by atoms with E-state index in [0.29, 0.717) is 10.0 Å². The van der Waals surface area contributed by atoms with Gasteiger partial charge in [-0.3, -0.25) is 0 Å². The van der Waals surface area contributed by atoms with Crippen LogP contribution in [0.15, 0.2) is 23.2 Å². The van der Waals surface area contributed by atoms with E-state index in [1.165, 1.54) is 0 Å². The molecule has 1 N–H and O–H groups in total. The fraction of sp³-hybridized carbons (Fsp3) is 0.200. The monoisotopic (exact) mass is 243 g/mol. The van der Waals surface area contributed by atoms with Crippen molar-refractivity contribution in [2.45, 2.75) is 6.92 Å². The van der Waals surface area contributed by atoms with Crippen LogP contribution in [0.4, 0.5) is 4.39 Å². The number of rotatable bonds is 2. The van der Waals surface area contributed by atoms with E-state index >= 15 is 0 Å². The van der Waals surface area contributed by atoms with Gasteiger partial charge in [-0.2, -0.15) is 0 Å². The lowest BCUT2D eigenvalue weighted by molar-refractivity contribution is 0.611. The molecule has 0 spiro atoms. The van der Waals surface area contributed by atoms with Crippen molar-refractivity contribution in [2.75, 3.05) is 7.05 Å². The molecule has 0 aliphatic heterocycles. The molecule has 70 valence electrons. The fourth-order valence-corrected chi connectivity index (χ4v) is 1.54. The highest BCUT2D eigenvalue weighted by molar-refractivity contribution is 9.10. The highest BCUT2D eigenvalue weighted by Gasteiger charge is 2.08. The lowest BCUT2D eigenvalue weighted by Gasteiger charge is -2.09. The molecular formula is C10H11BrFN. The summed E-state index contributed by atoms with van der Waals surface area (Å²) in [4.78, 5) is 0. The van der Waals surface area contributed by atoms with E-state index in [0.717, 1.165) is 11.3 Å². The quantitative estimate of drug-likeness (QED) is 0.842. The van der Waals surface area contributed by atoms with Gasteiger partial charge in [0.05, 0.1) is 4.47 Å². The Kier molecular flexibility index (Phi) is 3.09. The van der Waals surface area contributed by atoms with Gasteiger partial charge in [0.1, 0.15) is 5.82 Å². The van der Waals surface area contributed by atoms with E-state index in [1.807, 2.05) is 6.07 Å². The average Bonchev–Trinajstić information content (AvgIpc) is 2.13. The van der Waals surface area contributed by atoms with Gasteiger partial charge in [-0.15, -0.1) is 0 Å². The van der Waals surface area contributed by atoms with Crippen molar-refractivity contribution < 1.29 is 4.39 Å². The summed E-state index contributed by atoms with van der Waals surface area (Å²) in [5.74, 6) is -0.228. The lowest BCUT2D eigenvalue weighted by atomic mass is 10.1. The van der Waals surface area contributed by atoms with E-state index in [4.69, 9.17) is 0 Å². The van der Waals surface area contributed by atoms with Crippen LogP contribution in [0.2, 0.25) is 0 Å². The van der Waals surface area contributed by atoms with Gasteiger partial charge in [-0.05, 0) is 34.5 Å². The first-order valence-corrected chi connectivity index (χ1v) is 4.69. The molecule has 3 heteroatoms. The van der Waals surface area contributed by atoms with E-state index in [9.17, 15) is 4.39 Å². The van der Waals surface area contributed by atoms with Gasteiger partial charge in [0.2, 0.25) is 0 Å². The number of hydrogen-bond acceptors (Lipinski definition) is 1. The number of hydrogen-bond donors (Lipinski definition) is 1. The SMILES string of the molecule is C=C(NC)c1ccc(Br)c(F)c1C. The molecule has 1 aromatic carbocycles. The third kappa shape index (κ3) is 1.91. The molecule has 0 amide bonds. The predicted molar refractivity (Wildman–Crippen MR) is 56.9 cm³/mol. The van der Waals surface area contributed by atoms with Crippen LogP contribution in [-0.4, -0.2) is 7.05 Å². The Morgan fingerprint density at radius 2 is 2.15 bits per heavy atom. The average molecular weight is 244 g/mol. The largest absolute Gasteiger partial charge is 0.388 e. The zero-order valence-electron chi connectivity index (χ0n) is 7.62. The van der Waals surface area contributed by atoms with Gasteiger partial charge in [-0.25, -0.2) is 4.39 Å². The van der Waals surface area contributed by atoms with Crippen LogP contribution in [0.1, 0.15) is 11.1 Å². The first kappa shape index (κ1) is 10.3. The molecule has 0 fully saturated rings. The van der Waals surface area contributed by atoms with Crippen molar-refractivity contribution in [1.29, 1.82) is 0 Å². The first-order valence-electron chi connectivity index (χ1n) is 3.89. The number of halogens is 2. The number of nitrogens with one attached hydrogen (secondary N) is 1. The third-order valence-electron chi connectivity index (χ3n) is 1.97. The zero-order chi connectivity index (χ0) is 10.0. The van der Waals surface area contributed by atoms with Gasteiger partial charge in [0.15, 0.2) is 0 Å². The molecule has 0 aliphatic carbocycles. The summed E-state index contributed by atoms with van der Waals surface area (Å²) in [6.07, 6.45) is 0. The molecule has 0 saturated carbocycles. The minimum atomic E-state index is -0.228. The van der Waals surface area contributed by atoms with Gasteiger partial charge in [0, 0.05) is 18.3 Å². The molecule has 0 saturated heterocycles. The zero-order valence-corrected chi connectivity index (χ0v) is 9.20. The maximum Gasteiger partial charge on any atom is 0.140 e. The minimum absolute atomic E-state index is 0.228. The highest BCUT2D eigenvalue weighted by Crippen LogP contribution is 2.24. The second kappa shape index (κ2) is 3.92. The summed E-state index contributed by atoms with van der Waals surface area (Å²) in [5.41, 5.74) is 2.14. The smallest absolute Gasteiger partial charge is 0.140 e. The molecular weight excluding hydrogens is 233 g/mol. The molecule has 0 heterocycles. The van der Waals surface area contributed by atoms with Crippen molar-refractivity contribution in [3.8, 4) is 0 Å². The second-order valence-electron chi connectivity index (χ2n) is 2.76. The van der Waals surface area contributed by atoms with Gasteiger partial charge >= 0.3 is 0 Å². The maximum absolute atomic E-state index is 13.4. The standard InChI is InChI=1S/C10H11BrFN/c1-6-8(7(2)13-3)4-5-9(11)10(6)12/h4-5,13H,2H2,1,3H3. The predicted octanol–water partition coefficient (Wildman–Crippen LogP) is 3.09. The van der Waals surface area contributed by atoms with Crippen LogP contribution in [0, 0.1) is 12.7 Å². The Morgan fingerprint density at radius 3 is 2.69 bits per heavy atom. The summed E-state index contributed by atoms with van der Waals surface area (Å²) in [6, 6.07) is 3.52. The van der Waals surface area contributed by atoms with Crippen molar-refractivity contribution >= 4 is 21.6 Å². The summed E-state index contributed by atoms with van der Waals surface area (Å²) in [6.45, 7) is 5.52. The molecule has 1 aromatic rings. The Labute approximate surface area is 85.8 Å². The molecule has 1 rings (SSSR count). The molecule has 0 aliphatic rings. The van der Waals surface area contributed by atoms with Crippen LogP contribution in [0.5, 0.6) is 0 Å². The van der Waals surface area contributed by atoms with Crippen LogP contribution in [-0.2, 0) is 0 Å². The summed E-state index contributed by atoms with van der Waals surface area (Å²) in [5, 5.41) is 2.89. The Morgan fingerprint density at radius 1 is 1.54 bits per heavy atom. The summed E-state index contributed by atoms with van der Waals surface area (Å²) >= 11 is 3.13. The fourth-order valence-electron chi connectivity index (χ4n) is 1.11. The third-order valence-corrected chi connectivity index (χ3v) is 2.58. The van der Waals surface area contributed by atoms with E-state index in [-0.39, 0.29) is 5.82 Å². The first-order chi connectivity index (χ1) is 6.07. The highest BCUT2D eigenvalue weighted by atomic mass is 79.9. The molecule has 0 radical (unpaired) electrons. The van der Waals surface area contributed by atoms with Crippen LogP contribution in [0.25, 0.3) is 5.70 Å². The normalized spacial score (nSPS) is 9.85. The van der Waals surface area contributed by atoms with Crippen LogP contribution in [0.3, 0.4) is 0 Å². The van der Waals surface area contributed by atoms with Crippen molar-refractivity contribution in [2.24, 2.45) is 0 Å². The van der Waals surface area contributed by atoms with Crippen LogP contribution < -0.4 is 5.32 Å². The molecule has 0 bridgehead atoms. The minimum Gasteiger partial charge on any atom is -0.388 e. The summed E-state index contributed by atoms with van der Waals surface area (Å²) in [7, 11) is 1.77. The molecule has 0 unspecified atom stereocenters. The lowest BCUT2D eigenvalue weighted by Crippen LogP contribution is -2.05. The van der Waals surface area contributed by atoms with E-state index in [2.05, 4.69) is 27.8 Å². The second-order valence-corrected chi connectivity index (χ2v) is 3.62. The van der Waals surface area contributed by atoms with Crippen molar-refractivity contribution in [1.82, 2.24) is 5.32 Å². The van der Waals surface area contributed by atoms with Gasteiger partial charge < -0.3 is 5.32 Å². The molecule has 0 aromatic heterocycles. The van der Waals surface area contributed by atoms with Crippen molar-refractivity contribution in [3.63, 3.8) is 0 Å². The van der Waals surface area contributed by atoms with Gasteiger partial charge in [-0.1, -0.05) is 12.6 Å². The Bertz CT molecular complexity index is 347. The molecule has 13 heavy (non-hydrogen) atoms. The van der Waals surface area contributed by atoms with E-state index < -0.39 is 0 Å². The molecule has 1 nitrogen and oxygen atoms in total. The van der Waals surface area contributed by atoms with Crippen LogP contribution >= 0.6 is 15.9 Å². The maximum atomic E-state index is 13.4.